The Kier molecular flexibility index (Phi) is 6.91. The lowest BCUT2D eigenvalue weighted by Gasteiger charge is -2.27. The Morgan fingerprint density at radius 1 is 1.30 bits per heavy atom. The van der Waals surface area contributed by atoms with Crippen molar-refractivity contribution in [2.45, 2.75) is 30.4 Å². The molecule has 0 aliphatic rings. The number of alkyl halides is 1. The second-order valence-corrected chi connectivity index (χ2v) is 5.76. The van der Waals surface area contributed by atoms with E-state index in [1.54, 1.807) is 0 Å². The standard InChI is InChI=1S/C15H19BrO4/c1-10(12(17)8-5-9-13(18)19)14(16)15(20)11-6-3-2-4-7-11/h2-7,9-10,12,14-15,17,20H,8H2,1H3,(H,18,19)/b9-5+. The molecule has 0 aromatic heterocycles. The summed E-state index contributed by atoms with van der Waals surface area (Å²) in [6.45, 7) is 1.81. The zero-order valence-electron chi connectivity index (χ0n) is 11.2. The largest absolute Gasteiger partial charge is 0.478 e. The Morgan fingerprint density at radius 2 is 1.90 bits per heavy atom. The molecule has 5 heteroatoms. The number of benzene rings is 1. The molecule has 4 atom stereocenters. The van der Waals surface area contributed by atoms with Crippen LogP contribution in [0.4, 0.5) is 0 Å². The Labute approximate surface area is 126 Å². The zero-order valence-corrected chi connectivity index (χ0v) is 12.8. The van der Waals surface area contributed by atoms with Crippen molar-refractivity contribution in [3.63, 3.8) is 0 Å². The summed E-state index contributed by atoms with van der Waals surface area (Å²) in [6, 6.07) is 9.20. The smallest absolute Gasteiger partial charge is 0.327 e. The van der Waals surface area contributed by atoms with Gasteiger partial charge in [0.2, 0.25) is 0 Å². The predicted molar refractivity (Wildman–Crippen MR) is 80.7 cm³/mol. The highest BCUT2D eigenvalue weighted by atomic mass is 79.9. The maximum Gasteiger partial charge on any atom is 0.327 e. The van der Waals surface area contributed by atoms with Crippen molar-refractivity contribution < 1.29 is 20.1 Å². The molecule has 0 aliphatic carbocycles. The molecule has 0 saturated carbocycles. The van der Waals surface area contributed by atoms with Gasteiger partial charge in [-0.1, -0.05) is 59.3 Å². The number of hydrogen-bond acceptors (Lipinski definition) is 3. The van der Waals surface area contributed by atoms with E-state index in [0.29, 0.717) is 0 Å². The number of aliphatic carboxylic acids is 1. The summed E-state index contributed by atoms with van der Waals surface area (Å²) in [5, 5.41) is 28.8. The molecule has 3 N–H and O–H groups in total. The molecule has 0 bridgehead atoms. The summed E-state index contributed by atoms with van der Waals surface area (Å²) in [7, 11) is 0. The van der Waals surface area contributed by atoms with Crippen molar-refractivity contribution in [2.75, 3.05) is 0 Å². The minimum Gasteiger partial charge on any atom is -0.478 e. The second kappa shape index (κ2) is 8.19. The van der Waals surface area contributed by atoms with E-state index in [1.165, 1.54) is 6.08 Å². The number of rotatable bonds is 7. The molecule has 0 amide bonds. The molecule has 0 saturated heterocycles. The summed E-state index contributed by atoms with van der Waals surface area (Å²) in [5.41, 5.74) is 0.773. The average Bonchev–Trinajstić information content (AvgIpc) is 2.45. The van der Waals surface area contributed by atoms with Gasteiger partial charge in [-0.15, -0.1) is 0 Å². The summed E-state index contributed by atoms with van der Waals surface area (Å²) in [4.78, 5) is 10.0. The van der Waals surface area contributed by atoms with Crippen LogP contribution in [0.2, 0.25) is 0 Å². The van der Waals surface area contributed by atoms with E-state index in [-0.39, 0.29) is 17.2 Å². The fourth-order valence-electron chi connectivity index (χ4n) is 1.86. The van der Waals surface area contributed by atoms with Crippen molar-refractivity contribution in [3.05, 3.63) is 48.0 Å². The van der Waals surface area contributed by atoms with Crippen molar-refractivity contribution in [1.82, 2.24) is 0 Å². The van der Waals surface area contributed by atoms with Crippen molar-refractivity contribution in [3.8, 4) is 0 Å². The number of carboxylic acids is 1. The van der Waals surface area contributed by atoms with Crippen LogP contribution in [0.1, 0.15) is 25.0 Å². The highest BCUT2D eigenvalue weighted by molar-refractivity contribution is 9.09. The lowest BCUT2D eigenvalue weighted by atomic mass is 9.92. The van der Waals surface area contributed by atoms with E-state index in [4.69, 9.17) is 5.11 Å². The molecule has 20 heavy (non-hydrogen) atoms. The number of aliphatic hydroxyl groups is 2. The fraction of sp³-hybridized carbons (Fsp3) is 0.400. The number of halogens is 1. The van der Waals surface area contributed by atoms with E-state index < -0.39 is 18.2 Å². The molecule has 110 valence electrons. The first-order chi connectivity index (χ1) is 9.43. The van der Waals surface area contributed by atoms with Crippen LogP contribution < -0.4 is 0 Å². The molecule has 0 radical (unpaired) electrons. The van der Waals surface area contributed by atoms with Crippen LogP contribution in [0.25, 0.3) is 0 Å². The van der Waals surface area contributed by atoms with Gasteiger partial charge in [-0.2, -0.15) is 0 Å². The third-order valence-corrected chi connectivity index (χ3v) is 4.52. The molecule has 0 aliphatic heterocycles. The summed E-state index contributed by atoms with van der Waals surface area (Å²) in [6.07, 6.45) is 1.19. The quantitative estimate of drug-likeness (QED) is 0.525. The average molecular weight is 343 g/mol. The molecule has 1 aromatic carbocycles. The summed E-state index contributed by atoms with van der Waals surface area (Å²) < 4.78 is 0. The first-order valence-electron chi connectivity index (χ1n) is 6.38. The third kappa shape index (κ3) is 5.07. The van der Waals surface area contributed by atoms with E-state index in [1.807, 2.05) is 37.3 Å². The maximum absolute atomic E-state index is 10.4. The number of hydrogen-bond donors (Lipinski definition) is 3. The van der Waals surface area contributed by atoms with Gasteiger partial charge in [0, 0.05) is 10.9 Å². The van der Waals surface area contributed by atoms with Gasteiger partial charge >= 0.3 is 5.97 Å². The van der Waals surface area contributed by atoms with Crippen molar-refractivity contribution in [1.29, 1.82) is 0 Å². The molecule has 1 aromatic rings. The van der Waals surface area contributed by atoms with Gasteiger partial charge < -0.3 is 15.3 Å². The maximum atomic E-state index is 10.4. The fourth-order valence-corrected chi connectivity index (χ4v) is 2.51. The van der Waals surface area contributed by atoms with Crippen LogP contribution in [-0.2, 0) is 4.79 Å². The zero-order chi connectivity index (χ0) is 15.1. The predicted octanol–water partition coefficient (Wildman–Crippen LogP) is 2.51. The SMILES string of the molecule is CC(C(O)C/C=C/C(=O)O)C(Br)C(O)c1ccccc1. The monoisotopic (exact) mass is 342 g/mol. The molecular formula is C15H19BrO4. The molecule has 0 spiro atoms. The lowest BCUT2D eigenvalue weighted by molar-refractivity contribution is -0.131. The van der Waals surface area contributed by atoms with Gasteiger partial charge in [0.15, 0.2) is 0 Å². The van der Waals surface area contributed by atoms with Crippen LogP contribution in [-0.4, -0.2) is 32.2 Å². The van der Waals surface area contributed by atoms with E-state index in [0.717, 1.165) is 11.6 Å². The summed E-state index contributed by atoms with van der Waals surface area (Å²) >= 11 is 3.42. The Bertz CT molecular complexity index is 446. The molecule has 4 nitrogen and oxygen atoms in total. The van der Waals surface area contributed by atoms with Gasteiger partial charge in [-0.05, 0) is 17.9 Å². The van der Waals surface area contributed by atoms with E-state index in [2.05, 4.69) is 15.9 Å². The van der Waals surface area contributed by atoms with Gasteiger partial charge in [0.05, 0.1) is 12.2 Å². The topological polar surface area (TPSA) is 77.8 Å². The number of aliphatic hydroxyl groups excluding tert-OH is 2. The summed E-state index contributed by atoms with van der Waals surface area (Å²) in [5.74, 6) is -1.27. The van der Waals surface area contributed by atoms with Crippen LogP contribution in [0.15, 0.2) is 42.5 Å². The van der Waals surface area contributed by atoms with Crippen molar-refractivity contribution in [2.24, 2.45) is 5.92 Å². The number of carbonyl (C=O) groups is 1. The lowest BCUT2D eigenvalue weighted by Crippen LogP contribution is -2.29. The molecule has 1 rings (SSSR count). The highest BCUT2D eigenvalue weighted by Gasteiger charge is 2.28. The van der Waals surface area contributed by atoms with Crippen LogP contribution >= 0.6 is 15.9 Å². The van der Waals surface area contributed by atoms with Crippen LogP contribution in [0, 0.1) is 5.92 Å². The van der Waals surface area contributed by atoms with Gasteiger partial charge in [-0.3, -0.25) is 0 Å². The molecular weight excluding hydrogens is 324 g/mol. The van der Waals surface area contributed by atoms with E-state index in [9.17, 15) is 15.0 Å². The minimum absolute atomic E-state index is 0.233. The Hall–Kier alpha value is -1.17. The first kappa shape index (κ1) is 16.9. The van der Waals surface area contributed by atoms with Gasteiger partial charge in [0.1, 0.15) is 0 Å². The Balaban J connectivity index is 2.61. The van der Waals surface area contributed by atoms with Gasteiger partial charge in [0.25, 0.3) is 0 Å². The van der Waals surface area contributed by atoms with Crippen LogP contribution in [0.5, 0.6) is 0 Å². The molecule has 4 unspecified atom stereocenters. The Morgan fingerprint density at radius 3 is 2.45 bits per heavy atom. The normalized spacial score (nSPS) is 17.6. The first-order valence-corrected chi connectivity index (χ1v) is 7.29. The third-order valence-electron chi connectivity index (χ3n) is 3.19. The second-order valence-electron chi connectivity index (χ2n) is 4.70. The van der Waals surface area contributed by atoms with E-state index >= 15 is 0 Å². The van der Waals surface area contributed by atoms with Crippen molar-refractivity contribution >= 4 is 21.9 Å². The van der Waals surface area contributed by atoms with Crippen LogP contribution in [0.3, 0.4) is 0 Å². The molecule has 0 heterocycles. The minimum atomic E-state index is -1.04. The number of carboxylic acid groups (broad SMARTS) is 1. The highest BCUT2D eigenvalue weighted by Crippen LogP contribution is 2.30. The molecule has 0 fully saturated rings. The van der Waals surface area contributed by atoms with Gasteiger partial charge in [-0.25, -0.2) is 4.79 Å².